The second kappa shape index (κ2) is 5.60. The van der Waals surface area contributed by atoms with Crippen LogP contribution in [0.3, 0.4) is 0 Å². The number of anilines is 2. The molecule has 0 saturated carbocycles. The third kappa shape index (κ3) is 4.17. The Morgan fingerprint density at radius 3 is 2.53 bits per heavy atom. The lowest BCUT2D eigenvalue weighted by Crippen LogP contribution is -2.36. The first-order chi connectivity index (χ1) is 8.75. The summed E-state index contributed by atoms with van der Waals surface area (Å²) in [4.78, 5) is 22.7. The minimum absolute atomic E-state index is 0.137. The second-order valence-corrected chi connectivity index (χ2v) is 4.95. The van der Waals surface area contributed by atoms with E-state index in [0.717, 1.165) is 0 Å². The van der Waals surface area contributed by atoms with Crippen molar-refractivity contribution in [2.45, 2.75) is 25.8 Å². The van der Waals surface area contributed by atoms with E-state index in [-0.39, 0.29) is 6.42 Å². The van der Waals surface area contributed by atoms with Crippen molar-refractivity contribution in [3.8, 4) is 0 Å². The molecule has 0 fully saturated rings. The summed E-state index contributed by atoms with van der Waals surface area (Å²) in [5, 5.41) is 3.10. The van der Waals surface area contributed by atoms with Crippen molar-refractivity contribution >= 4 is 23.3 Å². The van der Waals surface area contributed by atoms with Crippen molar-refractivity contribution in [2.24, 2.45) is 5.73 Å². The van der Waals surface area contributed by atoms with Crippen LogP contribution in [-0.4, -0.2) is 24.5 Å². The molecule has 0 aromatic heterocycles. The highest BCUT2D eigenvalue weighted by Gasteiger charge is 2.23. The number of ether oxygens (including phenoxy) is 1. The highest BCUT2D eigenvalue weighted by Crippen LogP contribution is 2.24. The molecule has 0 aliphatic carbocycles. The lowest BCUT2D eigenvalue weighted by Gasteiger charge is -2.27. The van der Waals surface area contributed by atoms with Gasteiger partial charge in [0.1, 0.15) is 0 Å². The maximum Gasteiger partial charge on any atom is 0.340 e. The first kappa shape index (κ1) is 14.8. The van der Waals surface area contributed by atoms with E-state index in [1.165, 1.54) is 13.2 Å². The van der Waals surface area contributed by atoms with E-state index in [0.29, 0.717) is 16.9 Å². The molecule has 6 heteroatoms. The van der Waals surface area contributed by atoms with E-state index in [4.69, 9.17) is 16.2 Å². The maximum absolute atomic E-state index is 11.7. The lowest BCUT2D eigenvalue weighted by molar-refractivity contribution is -0.118. The Balaban J connectivity index is 3.07. The topological polar surface area (TPSA) is 107 Å². The van der Waals surface area contributed by atoms with Gasteiger partial charge in [0, 0.05) is 23.3 Å². The van der Waals surface area contributed by atoms with Gasteiger partial charge in [-0.05, 0) is 32.0 Å². The van der Waals surface area contributed by atoms with Gasteiger partial charge >= 0.3 is 5.97 Å². The van der Waals surface area contributed by atoms with Crippen LogP contribution in [0.4, 0.5) is 11.4 Å². The van der Waals surface area contributed by atoms with Crippen LogP contribution in [-0.2, 0) is 9.53 Å². The predicted octanol–water partition coefficient (Wildman–Crippen LogP) is 1.12. The van der Waals surface area contributed by atoms with Crippen LogP contribution in [0.15, 0.2) is 18.2 Å². The highest BCUT2D eigenvalue weighted by molar-refractivity contribution is 5.96. The normalized spacial score (nSPS) is 10.9. The van der Waals surface area contributed by atoms with Crippen molar-refractivity contribution in [1.29, 1.82) is 0 Å². The number of rotatable bonds is 5. The summed E-state index contributed by atoms with van der Waals surface area (Å²) in [6, 6.07) is 4.86. The molecular formula is C13H19N3O3. The standard InChI is InChI=1S/C13H19N3O3/c1-13(2,7-11(15)17)16-10-5-4-8(14)6-9(10)12(18)19-3/h4-6,16H,7,14H2,1-3H3,(H2,15,17). The molecule has 1 rings (SSSR count). The van der Waals surface area contributed by atoms with E-state index < -0.39 is 17.4 Å². The Morgan fingerprint density at radius 1 is 1.37 bits per heavy atom. The van der Waals surface area contributed by atoms with Crippen LogP contribution in [0.25, 0.3) is 0 Å². The van der Waals surface area contributed by atoms with Gasteiger partial charge in [-0.3, -0.25) is 4.79 Å². The van der Waals surface area contributed by atoms with Gasteiger partial charge in [-0.2, -0.15) is 0 Å². The Bertz CT molecular complexity index is 498. The second-order valence-electron chi connectivity index (χ2n) is 4.95. The van der Waals surface area contributed by atoms with Gasteiger partial charge in [-0.15, -0.1) is 0 Å². The fraction of sp³-hybridized carbons (Fsp3) is 0.385. The third-order valence-electron chi connectivity index (χ3n) is 2.54. The van der Waals surface area contributed by atoms with Gasteiger partial charge in [0.25, 0.3) is 0 Å². The minimum Gasteiger partial charge on any atom is -0.465 e. The number of hydrogen-bond acceptors (Lipinski definition) is 5. The number of amides is 1. The molecule has 0 spiro atoms. The Labute approximate surface area is 112 Å². The van der Waals surface area contributed by atoms with Crippen LogP contribution in [0.1, 0.15) is 30.6 Å². The largest absolute Gasteiger partial charge is 0.465 e. The first-order valence-electron chi connectivity index (χ1n) is 5.79. The Hall–Kier alpha value is -2.24. The van der Waals surface area contributed by atoms with Gasteiger partial charge in [0.15, 0.2) is 0 Å². The van der Waals surface area contributed by atoms with Crippen LogP contribution < -0.4 is 16.8 Å². The van der Waals surface area contributed by atoms with Crippen molar-refractivity contribution in [2.75, 3.05) is 18.2 Å². The molecule has 0 unspecified atom stereocenters. The van der Waals surface area contributed by atoms with E-state index in [1.807, 2.05) is 13.8 Å². The molecule has 5 N–H and O–H groups in total. The maximum atomic E-state index is 11.7. The predicted molar refractivity (Wildman–Crippen MR) is 73.7 cm³/mol. The number of hydrogen-bond donors (Lipinski definition) is 3. The number of benzene rings is 1. The molecule has 0 aliphatic rings. The molecule has 0 heterocycles. The van der Waals surface area contributed by atoms with Crippen molar-refractivity contribution < 1.29 is 14.3 Å². The summed E-state index contributed by atoms with van der Waals surface area (Å²) < 4.78 is 4.70. The van der Waals surface area contributed by atoms with Crippen molar-refractivity contribution in [3.63, 3.8) is 0 Å². The van der Waals surface area contributed by atoms with Gasteiger partial charge in [-0.25, -0.2) is 4.79 Å². The SMILES string of the molecule is COC(=O)c1cc(N)ccc1NC(C)(C)CC(N)=O. The minimum atomic E-state index is -0.579. The first-order valence-corrected chi connectivity index (χ1v) is 5.79. The monoisotopic (exact) mass is 265 g/mol. The molecular weight excluding hydrogens is 246 g/mol. The average Bonchev–Trinajstić information content (AvgIpc) is 2.28. The number of carbonyl (C=O) groups is 2. The number of carbonyl (C=O) groups excluding carboxylic acids is 2. The number of esters is 1. The van der Waals surface area contributed by atoms with Crippen LogP contribution in [0.2, 0.25) is 0 Å². The molecule has 1 aromatic carbocycles. The van der Waals surface area contributed by atoms with E-state index in [1.54, 1.807) is 12.1 Å². The molecule has 19 heavy (non-hydrogen) atoms. The number of nitrogens with one attached hydrogen (secondary N) is 1. The molecule has 0 bridgehead atoms. The fourth-order valence-electron chi connectivity index (χ4n) is 1.79. The molecule has 0 aliphatic heterocycles. The molecule has 1 amide bonds. The van der Waals surface area contributed by atoms with Crippen molar-refractivity contribution in [1.82, 2.24) is 0 Å². The lowest BCUT2D eigenvalue weighted by atomic mass is 9.98. The Morgan fingerprint density at radius 2 is 2.00 bits per heavy atom. The zero-order chi connectivity index (χ0) is 14.6. The summed E-state index contributed by atoms with van der Waals surface area (Å²) in [6.45, 7) is 3.63. The third-order valence-corrected chi connectivity index (χ3v) is 2.54. The van der Waals surface area contributed by atoms with E-state index in [2.05, 4.69) is 5.32 Å². The number of nitrogen functional groups attached to an aromatic ring is 1. The Kier molecular flexibility index (Phi) is 4.37. The summed E-state index contributed by atoms with van der Waals surface area (Å²) >= 11 is 0. The van der Waals surface area contributed by atoms with E-state index >= 15 is 0 Å². The van der Waals surface area contributed by atoms with Gasteiger partial charge in [-0.1, -0.05) is 0 Å². The van der Waals surface area contributed by atoms with Crippen LogP contribution in [0, 0.1) is 0 Å². The number of nitrogens with two attached hydrogens (primary N) is 2. The van der Waals surface area contributed by atoms with Crippen molar-refractivity contribution in [3.05, 3.63) is 23.8 Å². The highest BCUT2D eigenvalue weighted by atomic mass is 16.5. The molecule has 1 aromatic rings. The quantitative estimate of drug-likeness (QED) is 0.546. The summed E-state index contributed by atoms with van der Waals surface area (Å²) in [5.74, 6) is -0.919. The fourth-order valence-corrected chi connectivity index (χ4v) is 1.79. The molecule has 104 valence electrons. The number of methoxy groups -OCH3 is 1. The molecule has 0 radical (unpaired) electrons. The summed E-state index contributed by atoms with van der Waals surface area (Å²) in [6.07, 6.45) is 0.137. The van der Waals surface area contributed by atoms with Gasteiger partial charge in [0.2, 0.25) is 5.91 Å². The average molecular weight is 265 g/mol. The van der Waals surface area contributed by atoms with Gasteiger partial charge in [0.05, 0.1) is 12.7 Å². The number of primary amides is 1. The zero-order valence-electron chi connectivity index (χ0n) is 11.3. The molecule has 0 atom stereocenters. The smallest absolute Gasteiger partial charge is 0.340 e. The summed E-state index contributed by atoms with van der Waals surface area (Å²) in [5.41, 5.74) is 11.6. The van der Waals surface area contributed by atoms with E-state index in [9.17, 15) is 9.59 Å². The summed E-state index contributed by atoms with van der Waals surface area (Å²) in [7, 11) is 1.30. The molecule has 0 saturated heterocycles. The van der Waals surface area contributed by atoms with Crippen LogP contribution >= 0.6 is 0 Å². The van der Waals surface area contributed by atoms with Crippen LogP contribution in [0.5, 0.6) is 0 Å². The molecule has 6 nitrogen and oxygen atoms in total. The zero-order valence-corrected chi connectivity index (χ0v) is 11.3. The van der Waals surface area contributed by atoms with Gasteiger partial charge < -0.3 is 21.5 Å².